The zero-order valence-electron chi connectivity index (χ0n) is 12.4. The lowest BCUT2D eigenvalue weighted by Crippen LogP contribution is -2.38. The topological polar surface area (TPSA) is 76.4 Å². The molecule has 0 bridgehead atoms. The maximum absolute atomic E-state index is 12.0. The number of hydrogen-bond acceptors (Lipinski definition) is 4. The van der Waals surface area contributed by atoms with Gasteiger partial charge in [0.15, 0.2) is 0 Å². The third-order valence-electron chi connectivity index (χ3n) is 3.78. The van der Waals surface area contributed by atoms with Crippen molar-refractivity contribution < 1.29 is 9.90 Å². The molecule has 1 aliphatic rings. The molecule has 0 aromatic heterocycles. The molecule has 0 aromatic rings. The van der Waals surface area contributed by atoms with Crippen LogP contribution in [0, 0.1) is 11.3 Å². The molecule has 0 spiro atoms. The molecule has 1 fully saturated rings. The van der Waals surface area contributed by atoms with Crippen LogP contribution < -0.4 is 5.32 Å². The first-order valence-electron chi connectivity index (χ1n) is 7.41. The number of aliphatic hydroxyl groups excluding tert-OH is 1. The van der Waals surface area contributed by atoms with Gasteiger partial charge in [0.25, 0.3) is 5.91 Å². The van der Waals surface area contributed by atoms with Crippen LogP contribution >= 0.6 is 0 Å². The SMILES string of the molecule is CCC(C)NC(=O)/C(C#N)=C\N1CCCCC1CCO. The van der Waals surface area contributed by atoms with Crippen molar-refractivity contribution >= 4 is 5.91 Å². The van der Waals surface area contributed by atoms with E-state index in [1.165, 1.54) is 0 Å². The summed E-state index contributed by atoms with van der Waals surface area (Å²) in [6.07, 6.45) is 6.38. The van der Waals surface area contributed by atoms with Gasteiger partial charge >= 0.3 is 0 Å². The fraction of sp³-hybridized carbons (Fsp3) is 0.733. The largest absolute Gasteiger partial charge is 0.396 e. The molecular weight excluding hydrogens is 254 g/mol. The molecule has 1 rings (SSSR count). The fourth-order valence-corrected chi connectivity index (χ4v) is 2.36. The smallest absolute Gasteiger partial charge is 0.263 e. The maximum Gasteiger partial charge on any atom is 0.263 e. The van der Waals surface area contributed by atoms with Crippen molar-refractivity contribution in [2.45, 2.75) is 58.0 Å². The van der Waals surface area contributed by atoms with Crippen LogP contribution in [-0.4, -0.2) is 41.1 Å². The van der Waals surface area contributed by atoms with E-state index < -0.39 is 0 Å². The normalized spacial score (nSPS) is 21.2. The van der Waals surface area contributed by atoms with E-state index in [1.807, 2.05) is 24.8 Å². The summed E-state index contributed by atoms with van der Waals surface area (Å²) in [5.74, 6) is -0.310. The molecule has 1 heterocycles. The number of amides is 1. The van der Waals surface area contributed by atoms with Crippen molar-refractivity contribution in [3.05, 3.63) is 11.8 Å². The number of nitrogens with one attached hydrogen (secondary N) is 1. The second-order valence-electron chi connectivity index (χ2n) is 5.34. The lowest BCUT2D eigenvalue weighted by molar-refractivity contribution is -0.117. The number of likely N-dealkylation sites (tertiary alicyclic amines) is 1. The van der Waals surface area contributed by atoms with Crippen LogP contribution in [0.3, 0.4) is 0 Å². The third-order valence-corrected chi connectivity index (χ3v) is 3.78. The molecule has 0 aliphatic carbocycles. The van der Waals surface area contributed by atoms with Gasteiger partial charge in [-0.3, -0.25) is 4.79 Å². The Bertz CT molecular complexity index is 385. The second kappa shape index (κ2) is 8.60. The Morgan fingerprint density at radius 2 is 2.35 bits per heavy atom. The van der Waals surface area contributed by atoms with E-state index in [1.54, 1.807) is 6.20 Å². The van der Waals surface area contributed by atoms with Crippen molar-refractivity contribution in [1.29, 1.82) is 5.26 Å². The Morgan fingerprint density at radius 3 is 2.95 bits per heavy atom. The molecule has 5 nitrogen and oxygen atoms in total. The number of aliphatic hydroxyl groups is 1. The lowest BCUT2D eigenvalue weighted by Gasteiger charge is -2.34. The zero-order valence-corrected chi connectivity index (χ0v) is 12.4. The van der Waals surface area contributed by atoms with Gasteiger partial charge in [-0.15, -0.1) is 0 Å². The van der Waals surface area contributed by atoms with E-state index in [-0.39, 0.29) is 30.2 Å². The van der Waals surface area contributed by atoms with Gasteiger partial charge in [-0.05, 0) is 39.0 Å². The van der Waals surface area contributed by atoms with Crippen molar-refractivity contribution in [1.82, 2.24) is 10.2 Å². The summed E-state index contributed by atoms with van der Waals surface area (Å²) in [7, 11) is 0. The van der Waals surface area contributed by atoms with Crippen LogP contribution in [0.15, 0.2) is 11.8 Å². The highest BCUT2D eigenvalue weighted by atomic mass is 16.3. The first-order chi connectivity index (χ1) is 9.62. The summed E-state index contributed by atoms with van der Waals surface area (Å²) < 4.78 is 0. The summed E-state index contributed by atoms with van der Waals surface area (Å²) in [4.78, 5) is 14.0. The van der Waals surface area contributed by atoms with Gasteiger partial charge < -0.3 is 15.3 Å². The number of nitrogens with zero attached hydrogens (tertiary/aromatic N) is 2. The molecular formula is C15H25N3O2. The molecule has 1 aliphatic heterocycles. The van der Waals surface area contributed by atoms with Gasteiger partial charge in [0, 0.05) is 31.4 Å². The minimum atomic E-state index is -0.310. The van der Waals surface area contributed by atoms with Gasteiger partial charge in [-0.1, -0.05) is 6.92 Å². The zero-order chi connectivity index (χ0) is 15.0. The standard InChI is InChI=1S/C15H25N3O2/c1-3-12(2)17-15(20)13(10-16)11-18-8-5-4-6-14(18)7-9-19/h11-12,14,19H,3-9H2,1-2H3,(H,17,20)/b13-11-. The van der Waals surface area contributed by atoms with Gasteiger partial charge in [0.05, 0.1) is 0 Å². The number of rotatable bonds is 6. The van der Waals surface area contributed by atoms with Gasteiger partial charge in [-0.2, -0.15) is 5.26 Å². The molecule has 1 amide bonds. The highest BCUT2D eigenvalue weighted by molar-refractivity contribution is 5.97. The Hall–Kier alpha value is -1.54. The van der Waals surface area contributed by atoms with E-state index in [0.717, 1.165) is 32.2 Å². The second-order valence-corrected chi connectivity index (χ2v) is 5.34. The molecule has 20 heavy (non-hydrogen) atoms. The van der Waals surface area contributed by atoms with Gasteiger partial charge in [0.1, 0.15) is 11.6 Å². The van der Waals surface area contributed by atoms with Crippen LogP contribution in [0.1, 0.15) is 46.0 Å². The molecule has 0 radical (unpaired) electrons. The number of hydrogen-bond donors (Lipinski definition) is 2. The highest BCUT2D eigenvalue weighted by Gasteiger charge is 2.21. The average molecular weight is 279 g/mol. The van der Waals surface area contributed by atoms with Crippen molar-refractivity contribution in [3.63, 3.8) is 0 Å². The highest BCUT2D eigenvalue weighted by Crippen LogP contribution is 2.20. The molecule has 0 aromatic carbocycles. The van der Waals surface area contributed by atoms with E-state index in [0.29, 0.717) is 6.42 Å². The molecule has 0 saturated carbocycles. The van der Waals surface area contributed by atoms with Gasteiger partial charge in [-0.25, -0.2) is 0 Å². The number of carbonyl (C=O) groups is 1. The minimum Gasteiger partial charge on any atom is -0.396 e. The van der Waals surface area contributed by atoms with E-state index in [4.69, 9.17) is 5.11 Å². The molecule has 2 N–H and O–H groups in total. The van der Waals surface area contributed by atoms with Crippen molar-refractivity contribution in [2.24, 2.45) is 0 Å². The van der Waals surface area contributed by atoms with E-state index in [2.05, 4.69) is 5.32 Å². The summed E-state index contributed by atoms with van der Waals surface area (Å²) in [6.45, 7) is 4.88. The van der Waals surface area contributed by atoms with Crippen LogP contribution in [0.25, 0.3) is 0 Å². The molecule has 5 heteroatoms. The van der Waals surface area contributed by atoms with Crippen molar-refractivity contribution in [3.8, 4) is 6.07 Å². The molecule has 2 unspecified atom stereocenters. The molecule has 1 saturated heterocycles. The Kier molecular flexibility index (Phi) is 7.10. The monoisotopic (exact) mass is 279 g/mol. The lowest BCUT2D eigenvalue weighted by atomic mass is 10.00. The first-order valence-corrected chi connectivity index (χ1v) is 7.41. The Balaban J connectivity index is 2.75. The number of nitriles is 1. The molecule has 2 atom stereocenters. The van der Waals surface area contributed by atoms with Crippen LogP contribution in [0.2, 0.25) is 0 Å². The maximum atomic E-state index is 12.0. The Morgan fingerprint density at radius 1 is 1.60 bits per heavy atom. The number of piperidine rings is 1. The molecule has 112 valence electrons. The summed E-state index contributed by atoms with van der Waals surface area (Å²) in [5.41, 5.74) is 0.148. The van der Waals surface area contributed by atoms with Crippen LogP contribution in [-0.2, 0) is 4.79 Å². The average Bonchev–Trinajstić information content (AvgIpc) is 2.46. The van der Waals surface area contributed by atoms with E-state index in [9.17, 15) is 10.1 Å². The first kappa shape index (κ1) is 16.5. The quantitative estimate of drug-likeness (QED) is 0.571. The van der Waals surface area contributed by atoms with Crippen LogP contribution in [0.4, 0.5) is 0 Å². The predicted octanol–water partition coefficient (Wildman–Crippen LogP) is 1.55. The van der Waals surface area contributed by atoms with Crippen LogP contribution in [0.5, 0.6) is 0 Å². The van der Waals surface area contributed by atoms with Gasteiger partial charge in [0.2, 0.25) is 0 Å². The predicted molar refractivity (Wildman–Crippen MR) is 77.6 cm³/mol. The summed E-state index contributed by atoms with van der Waals surface area (Å²) in [6, 6.07) is 2.28. The van der Waals surface area contributed by atoms with E-state index >= 15 is 0 Å². The Labute approximate surface area is 121 Å². The minimum absolute atomic E-state index is 0.0637. The summed E-state index contributed by atoms with van der Waals surface area (Å²) >= 11 is 0. The summed E-state index contributed by atoms with van der Waals surface area (Å²) in [5, 5.41) is 21.1. The van der Waals surface area contributed by atoms with Crippen molar-refractivity contribution in [2.75, 3.05) is 13.2 Å². The third kappa shape index (κ3) is 4.86. The fourth-order valence-electron chi connectivity index (χ4n) is 2.36. The number of carbonyl (C=O) groups excluding carboxylic acids is 1.